The Balaban J connectivity index is 2.22. The molecule has 1 nitrogen and oxygen atoms in total. The van der Waals surface area contributed by atoms with Gasteiger partial charge in [0.1, 0.15) is 0 Å². The minimum atomic E-state index is 0.936. The number of rotatable bonds is 1. The van der Waals surface area contributed by atoms with Gasteiger partial charge in [-0.3, -0.25) is 0 Å². The van der Waals surface area contributed by atoms with E-state index in [-0.39, 0.29) is 0 Å². The second-order valence-corrected chi connectivity index (χ2v) is 4.73. The second-order valence-electron chi connectivity index (χ2n) is 2.53. The van der Waals surface area contributed by atoms with Crippen molar-refractivity contribution in [2.45, 2.75) is 19.8 Å². The van der Waals surface area contributed by atoms with Crippen LogP contribution in [0.5, 0.6) is 0 Å². The Morgan fingerprint density at radius 2 is 2.33 bits per heavy atom. The first-order valence-corrected chi connectivity index (χ1v) is 5.65. The van der Waals surface area contributed by atoms with Gasteiger partial charge in [-0.25, -0.2) is 5.09 Å². The normalized spacial score (nSPS) is 28.6. The maximum Gasteiger partial charge on any atom is 0.0699 e. The summed E-state index contributed by atoms with van der Waals surface area (Å²) in [7, 11) is 2.71. The van der Waals surface area contributed by atoms with Crippen molar-refractivity contribution < 1.29 is 0 Å². The molecule has 1 saturated carbocycles. The van der Waals surface area contributed by atoms with Crippen LogP contribution in [0, 0.1) is 5.92 Å². The van der Waals surface area contributed by atoms with Crippen LogP contribution in [0.15, 0.2) is 11.0 Å². The highest BCUT2D eigenvalue weighted by Crippen LogP contribution is 2.49. The molecule has 0 atom stereocenters. The van der Waals surface area contributed by atoms with E-state index in [1.54, 1.807) is 5.31 Å². The lowest BCUT2D eigenvalue weighted by Gasteiger charge is -1.93. The van der Waals surface area contributed by atoms with Gasteiger partial charge in [0, 0.05) is 5.31 Å². The molecule has 0 aromatic heterocycles. The molecule has 2 rings (SSSR count). The second kappa shape index (κ2) is 2.08. The maximum atomic E-state index is 4.32. The molecule has 1 aliphatic carbocycles. The van der Waals surface area contributed by atoms with E-state index in [4.69, 9.17) is 0 Å². The summed E-state index contributed by atoms with van der Waals surface area (Å²) in [6.45, 7) is 2.14. The van der Waals surface area contributed by atoms with Crippen LogP contribution in [0.25, 0.3) is 0 Å². The van der Waals surface area contributed by atoms with E-state index in [9.17, 15) is 0 Å². The fraction of sp³-hybridized carbons (Fsp3) is 0.667. The highest BCUT2D eigenvalue weighted by Gasteiger charge is 2.28. The van der Waals surface area contributed by atoms with Gasteiger partial charge in [0.05, 0.1) is 13.7 Å². The zero-order valence-electron chi connectivity index (χ0n) is 5.33. The van der Waals surface area contributed by atoms with Gasteiger partial charge in [0.2, 0.25) is 0 Å². The Labute approximate surface area is 58.4 Å². The van der Waals surface area contributed by atoms with E-state index in [0.717, 1.165) is 5.92 Å². The summed E-state index contributed by atoms with van der Waals surface area (Å²) in [6, 6.07) is 0. The van der Waals surface area contributed by atoms with E-state index in [1.807, 2.05) is 0 Å². The first-order valence-electron chi connectivity index (χ1n) is 3.20. The molecule has 2 aliphatic rings. The molecule has 3 heteroatoms. The third-order valence-corrected chi connectivity index (χ3v) is 4.25. The fourth-order valence-electron chi connectivity index (χ4n) is 0.995. The van der Waals surface area contributed by atoms with Crippen LogP contribution in [0.3, 0.4) is 0 Å². The Morgan fingerprint density at radius 1 is 1.56 bits per heavy atom. The first-order chi connectivity index (χ1) is 4.38. The third-order valence-electron chi connectivity index (χ3n) is 1.68. The largest absolute Gasteiger partial charge is 0.227 e. The highest BCUT2D eigenvalue weighted by molar-refractivity contribution is 7.85. The minimum Gasteiger partial charge on any atom is -0.227 e. The van der Waals surface area contributed by atoms with Crippen LogP contribution in [0.4, 0.5) is 0 Å². The summed E-state index contributed by atoms with van der Waals surface area (Å²) in [5, 5.41) is 5.94. The summed E-state index contributed by atoms with van der Waals surface area (Å²) in [5.74, 6) is 0.936. The van der Waals surface area contributed by atoms with Crippen molar-refractivity contribution >= 4 is 15.9 Å². The zero-order chi connectivity index (χ0) is 6.27. The van der Waals surface area contributed by atoms with Crippen molar-refractivity contribution in [2.75, 3.05) is 0 Å². The van der Waals surface area contributed by atoms with Gasteiger partial charge in [0.15, 0.2) is 0 Å². The van der Waals surface area contributed by atoms with E-state index >= 15 is 0 Å². The van der Waals surface area contributed by atoms with Gasteiger partial charge in [-0.05, 0) is 33.6 Å². The molecule has 1 aliphatic heterocycles. The molecule has 0 aromatic carbocycles. The summed E-state index contributed by atoms with van der Waals surface area (Å²) in [5.41, 5.74) is 1.32. The molecule has 9 heavy (non-hydrogen) atoms. The standard InChI is InChI=1S/C6H8NP2/c1-4-6(5-2-3-5)8-9-7-4/h5H,2-3H2,1H3. The SMILES string of the molecule is CC1=C(C2CC2)P=P[N]1. The molecule has 0 aromatic rings. The molecule has 0 saturated heterocycles. The lowest BCUT2D eigenvalue weighted by molar-refractivity contribution is 1.03. The smallest absolute Gasteiger partial charge is 0.0699 e. The molecule has 0 unspecified atom stereocenters. The summed E-state index contributed by atoms with van der Waals surface area (Å²) in [6.07, 6.45) is 2.84. The van der Waals surface area contributed by atoms with Crippen molar-refractivity contribution in [3.8, 4) is 0 Å². The quantitative estimate of drug-likeness (QED) is 0.518. The van der Waals surface area contributed by atoms with Crippen molar-refractivity contribution in [1.29, 1.82) is 0 Å². The lowest BCUT2D eigenvalue weighted by atomic mass is 10.3. The van der Waals surface area contributed by atoms with E-state index in [1.165, 1.54) is 34.4 Å². The van der Waals surface area contributed by atoms with Gasteiger partial charge in [0.25, 0.3) is 0 Å². The molecular weight excluding hydrogens is 148 g/mol. The molecule has 47 valence electrons. The average Bonchev–Trinajstić information content (AvgIpc) is 2.58. The van der Waals surface area contributed by atoms with E-state index < -0.39 is 0 Å². The molecule has 0 bridgehead atoms. The van der Waals surface area contributed by atoms with Crippen LogP contribution >= 0.6 is 15.9 Å². The monoisotopic (exact) mass is 156 g/mol. The fourth-order valence-corrected chi connectivity index (χ4v) is 3.82. The molecule has 0 amide bonds. The molecular formula is C6H8NP2. The number of nitrogens with zero attached hydrogens (tertiary/aromatic N) is 1. The summed E-state index contributed by atoms with van der Waals surface area (Å²) < 4.78 is 0. The van der Waals surface area contributed by atoms with Gasteiger partial charge < -0.3 is 0 Å². The number of allylic oxidation sites excluding steroid dienone is 2. The topological polar surface area (TPSA) is 14.1 Å². The van der Waals surface area contributed by atoms with Gasteiger partial charge in [-0.15, -0.1) is 0 Å². The van der Waals surface area contributed by atoms with Crippen LogP contribution in [0.2, 0.25) is 0 Å². The van der Waals surface area contributed by atoms with Crippen molar-refractivity contribution in [1.82, 2.24) is 5.09 Å². The van der Waals surface area contributed by atoms with E-state index in [2.05, 4.69) is 12.0 Å². The Morgan fingerprint density at radius 3 is 2.78 bits per heavy atom. The Kier molecular flexibility index (Phi) is 1.36. The summed E-state index contributed by atoms with van der Waals surface area (Å²) >= 11 is 0. The molecule has 0 spiro atoms. The van der Waals surface area contributed by atoms with Crippen molar-refractivity contribution in [3.05, 3.63) is 11.0 Å². The minimum absolute atomic E-state index is 0.936. The highest BCUT2D eigenvalue weighted by atomic mass is 31.7. The predicted molar refractivity (Wildman–Crippen MR) is 41.4 cm³/mol. The third kappa shape index (κ3) is 1.04. The van der Waals surface area contributed by atoms with Crippen LogP contribution in [-0.4, -0.2) is 0 Å². The van der Waals surface area contributed by atoms with E-state index in [0.29, 0.717) is 0 Å². The van der Waals surface area contributed by atoms with Crippen LogP contribution in [0.1, 0.15) is 19.8 Å². The average molecular weight is 156 g/mol. The van der Waals surface area contributed by atoms with Crippen LogP contribution < -0.4 is 5.09 Å². The zero-order valence-corrected chi connectivity index (χ0v) is 7.12. The van der Waals surface area contributed by atoms with Crippen molar-refractivity contribution in [3.63, 3.8) is 0 Å². The predicted octanol–water partition coefficient (Wildman–Crippen LogP) is 2.97. The maximum absolute atomic E-state index is 4.32. The molecule has 1 fully saturated rings. The Hall–Kier alpha value is 0.140. The number of hydrogen-bond donors (Lipinski definition) is 0. The van der Waals surface area contributed by atoms with Crippen molar-refractivity contribution in [2.24, 2.45) is 5.92 Å². The van der Waals surface area contributed by atoms with Crippen LogP contribution in [-0.2, 0) is 0 Å². The Bertz CT molecular complexity index is 191. The summed E-state index contributed by atoms with van der Waals surface area (Å²) in [4.78, 5) is 0. The molecule has 1 radical (unpaired) electrons. The first kappa shape index (κ1) is 5.89. The number of hydrogen-bond acceptors (Lipinski definition) is 0. The lowest BCUT2D eigenvalue weighted by Crippen LogP contribution is -1.85. The molecule has 0 N–H and O–H groups in total. The van der Waals surface area contributed by atoms with Gasteiger partial charge >= 0.3 is 0 Å². The molecule has 1 heterocycles. The van der Waals surface area contributed by atoms with Gasteiger partial charge in [-0.2, -0.15) is 0 Å². The van der Waals surface area contributed by atoms with Gasteiger partial charge in [-0.1, -0.05) is 0 Å².